The number of carbonyl (C=O) groups excluding carboxylic acids is 1. The molecule has 0 aliphatic carbocycles. The van der Waals surface area contributed by atoms with Crippen LogP contribution in [-0.4, -0.2) is 17.4 Å². The normalized spacial score (nSPS) is 11.6. The molecule has 2 amide bonds. The lowest BCUT2D eigenvalue weighted by atomic mass is 9.97. The number of amides is 2. The predicted octanol–water partition coefficient (Wildman–Crippen LogP) is 2.85. The highest BCUT2D eigenvalue weighted by atomic mass is 16.3. The molecule has 5 nitrogen and oxygen atoms in total. The van der Waals surface area contributed by atoms with Crippen LogP contribution in [0.15, 0.2) is 59.7 Å². The summed E-state index contributed by atoms with van der Waals surface area (Å²) in [7, 11) is 0. The predicted molar refractivity (Wildman–Crippen MR) is 87.6 cm³/mol. The Morgan fingerprint density at radius 2 is 1.64 bits per heavy atom. The minimum atomic E-state index is -0.698. The van der Waals surface area contributed by atoms with E-state index in [1.807, 2.05) is 49.4 Å². The van der Waals surface area contributed by atoms with Crippen LogP contribution < -0.4 is 11.2 Å². The van der Waals surface area contributed by atoms with Gasteiger partial charge in [0.15, 0.2) is 0 Å². The Balaban J connectivity index is 2.19. The van der Waals surface area contributed by atoms with Crippen molar-refractivity contribution >= 4 is 17.8 Å². The molecule has 4 N–H and O–H groups in total. The van der Waals surface area contributed by atoms with E-state index in [1.165, 1.54) is 6.21 Å². The molecule has 0 bridgehead atoms. The van der Waals surface area contributed by atoms with Gasteiger partial charge in [0.05, 0.1) is 6.21 Å². The Morgan fingerprint density at radius 1 is 1.09 bits per heavy atom. The molecular weight excluding hydrogens is 278 g/mol. The van der Waals surface area contributed by atoms with Crippen LogP contribution in [0.2, 0.25) is 0 Å². The first kappa shape index (κ1) is 15.3. The van der Waals surface area contributed by atoms with Crippen LogP contribution in [-0.2, 0) is 0 Å². The van der Waals surface area contributed by atoms with Crippen LogP contribution in [0.3, 0.4) is 0 Å². The lowest BCUT2D eigenvalue weighted by molar-refractivity contribution is 0.249. The van der Waals surface area contributed by atoms with Gasteiger partial charge in [-0.1, -0.05) is 42.5 Å². The monoisotopic (exact) mass is 295 g/mol. The van der Waals surface area contributed by atoms with Crippen LogP contribution in [0.4, 0.5) is 4.79 Å². The number of hydrazone groups is 1. The van der Waals surface area contributed by atoms with E-state index in [9.17, 15) is 9.90 Å². The Bertz CT molecular complexity index is 702. The number of nitrogens with two attached hydrogens (primary N) is 1. The summed E-state index contributed by atoms with van der Waals surface area (Å²) in [6, 6.07) is 14.1. The molecule has 0 heterocycles. The number of nitrogens with one attached hydrogen (secondary N) is 1. The van der Waals surface area contributed by atoms with Gasteiger partial charge in [-0.2, -0.15) is 5.10 Å². The molecule has 0 unspecified atom stereocenters. The van der Waals surface area contributed by atoms with Gasteiger partial charge in [0.1, 0.15) is 5.75 Å². The van der Waals surface area contributed by atoms with E-state index in [0.717, 1.165) is 22.3 Å². The standard InChI is InChI=1S/C17H17N3O2/c1-2-16(14-7-9-15(21)10-8-14)13-5-3-12(4-6-13)11-19-20-17(18)22/h2-11,21H,1H3,(H3,18,20,22)/b16-2-,19-11+. The molecule has 2 rings (SSSR count). The SMILES string of the molecule is C/C=C(\c1ccc(O)cc1)c1ccc(/C=N/NC(N)=O)cc1. The van der Waals surface area contributed by atoms with Crippen LogP contribution in [0.1, 0.15) is 23.6 Å². The summed E-state index contributed by atoms with van der Waals surface area (Å²) in [6.45, 7) is 1.97. The van der Waals surface area contributed by atoms with Gasteiger partial charge in [-0.3, -0.25) is 0 Å². The molecule has 0 atom stereocenters. The minimum Gasteiger partial charge on any atom is -0.508 e. The van der Waals surface area contributed by atoms with Crippen molar-refractivity contribution in [1.82, 2.24) is 5.43 Å². The number of allylic oxidation sites excluding steroid dienone is 1. The van der Waals surface area contributed by atoms with Crippen LogP contribution >= 0.6 is 0 Å². The Hall–Kier alpha value is -3.08. The molecule has 0 aliphatic rings. The number of urea groups is 1. The van der Waals surface area contributed by atoms with E-state index in [4.69, 9.17) is 5.73 Å². The van der Waals surface area contributed by atoms with Crippen molar-refractivity contribution < 1.29 is 9.90 Å². The Morgan fingerprint density at radius 3 is 2.14 bits per heavy atom. The molecular formula is C17H17N3O2. The van der Waals surface area contributed by atoms with Crippen LogP contribution in [0, 0.1) is 0 Å². The van der Waals surface area contributed by atoms with Gasteiger partial charge in [-0.05, 0) is 41.3 Å². The number of primary amides is 1. The number of carbonyl (C=O) groups is 1. The van der Waals surface area contributed by atoms with E-state index in [2.05, 4.69) is 10.5 Å². The second-order valence-corrected chi connectivity index (χ2v) is 4.61. The highest BCUT2D eigenvalue weighted by Gasteiger charge is 2.04. The maximum atomic E-state index is 10.5. The van der Waals surface area contributed by atoms with E-state index < -0.39 is 6.03 Å². The molecule has 0 aromatic heterocycles. The third-order valence-electron chi connectivity index (χ3n) is 3.08. The maximum absolute atomic E-state index is 10.5. The van der Waals surface area contributed by atoms with Crippen molar-refractivity contribution in [1.29, 1.82) is 0 Å². The van der Waals surface area contributed by atoms with Crippen molar-refractivity contribution in [2.45, 2.75) is 6.92 Å². The number of hydrogen-bond acceptors (Lipinski definition) is 3. The zero-order valence-electron chi connectivity index (χ0n) is 12.2. The van der Waals surface area contributed by atoms with E-state index in [1.54, 1.807) is 12.1 Å². The van der Waals surface area contributed by atoms with Gasteiger partial charge >= 0.3 is 6.03 Å². The number of phenolic OH excluding ortho intramolecular Hbond substituents is 1. The molecule has 0 spiro atoms. The first-order valence-electron chi connectivity index (χ1n) is 6.75. The molecule has 22 heavy (non-hydrogen) atoms. The van der Waals surface area contributed by atoms with Gasteiger partial charge < -0.3 is 10.8 Å². The molecule has 112 valence electrons. The molecule has 0 fully saturated rings. The average molecular weight is 295 g/mol. The zero-order valence-corrected chi connectivity index (χ0v) is 12.2. The van der Waals surface area contributed by atoms with Gasteiger partial charge in [0.25, 0.3) is 0 Å². The van der Waals surface area contributed by atoms with Gasteiger partial charge in [0.2, 0.25) is 0 Å². The van der Waals surface area contributed by atoms with Crippen molar-refractivity contribution in [2.24, 2.45) is 10.8 Å². The van der Waals surface area contributed by atoms with Crippen molar-refractivity contribution in [3.8, 4) is 5.75 Å². The summed E-state index contributed by atoms with van der Waals surface area (Å²) in [4.78, 5) is 10.5. The molecule has 2 aromatic rings. The average Bonchev–Trinajstić information content (AvgIpc) is 2.51. The lowest BCUT2D eigenvalue weighted by Crippen LogP contribution is -2.24. The van der Waals surface area contributed by atoms with Crippen LogP contribution in [0.5, 0.6) is 5.75 Å². The zero-order chi connectivity index (χ0) is 15.9. The Labute approximate surface area is 128 Å². The van der Waals surface area contributed by atoms with Gasteiger partial charge in [0, 0.05) is 0 Å². The molecule has 2 aromatic carbocycles. The second kappa shape index (κ2) is 7.08. The fourth-order valence-corrected chi connectivity index (χ4v) is 2.06. The number of rotatable bonds is 4. The lowest BCUT2D eigenvalue weighted by Gasteiger charge is -2.08. The molecule has 0 saturated heterocycles. The summed E-state index contributed by atoms with van der Waals surface area (Å²) in [5.74, 6) is 0.243. The first-order valence-corrected chi connectivity index (χ1v) is 6.75. The van der Waals surface area contributed by atoms with Gasteiger partial charge in [-0.15, -0.1) is 0 Å². The molecule has 5 heteroatoms. The third kappa shape index (κ3) is 3.96. The smallest absolute Gasteiger partial charge is 0.332 e. The molecule has 0 saturated carbocycles. The van der Waals surface area contributed by atoms with Gasteiger partial charge in [-0.25, -0.2) is 10.2 Å². The highest BCUT2D eigenvalue weighted by Crippen LogP contribution is 2.25. The van der Waals surface area contributed by atoms with Crippen molar-refractivity contribution in [2.75, 3.05) is 0 Å². The summed E-state index contributed by atoms with van der Waals surface area (Å²) < 4.78 is 0. The number of hydrogen-bond donors (Lipinski definition) is 3. The fourth-order valence-electron chi connectivity index (χ4n) is 2.06. The minimum absolute atomic E-state index is 0.243. The first-order chi connectivity index (χ1) is 10.6. The van der Waals surface area contributed by atoms with E-state index >= 15 is 0 Å². The third-order valence-corrected chi connectivity index (χ3v) is 3.08. The summed E-state index contributed by atoms with van der Waals surface area (Å²) in [6.07, 6.45) is 3.54. The highest BCUT2D eigenvalue weighted by molar-refractivity contribution is 5.84. The fraction of sp³-hybridized carbons (Fsp3) is 0.0588. The summed E-state index contributed by atoms with van der Waals surface area (Å²) in [5.41, 5.74) is 11.1. The number of nitrogens with zero attached hydrogens (tertiary/aromatic N) is 1. The summed E-state index contributed by atoms with van der Waals surface area (Å²) in [5, 5.41) is 13.1. The van der Waals surface area contributed by atoms with Crippen molar-refractivity contribution in [3.63, 3.8) is 0 Å². The number of phenols is 1. The topological polar surface area (TPSA) is 87.7 Å². The Kier molecular flexibility index (Phi) is 4.93. The molecule has 0 radical (unpaired) electrons. The van der Waals surface area contributed by atoms with E-state index in [0.29, 0.717) is 0 Å². The van der Waals surface area contributed by atoms with Crippen LogP contribution in [0.25, 0.3) is 5.57 Å². The number of aromatic hydroxyl groups is 1. The molecule has 0 aliphatic heterocycles. The second-order valence-electron chi connectivity index (χ2n) is 4.61. The largest absolute Gasteiger partial charge is 0.508 e. The van der Waals surface area contributed by atoms with Crippen molar-refractivity contribution in [3.05, 3.63) is 71.3 Å². The summed E-state index contributed by atoms with van der Waals surface area (Å²) >= 11 is 0. The maximum Gasteiger partial charge on any atom is 0.332 e. The van der Waals surface area contributed by atoms with E-state index in [-0.39, 0.29) is 5.75 Å². The number of benzene rings is 2. The quantitative estimate of drug-likeness (QED) is 0.598.